The van der Waals surface area contributed by atoms with Gasteiger partial charge in [-0.1, -0.05) is 12.1 Å². The van der Waals surface area contributed by atoms with Gasteiger partial charge in [-0.05, 0) is 17.7 Å². The second kappa shape index (κ2) is 6.37. The first-order valence-electron chi connectivity index (χ1n) is 7.08. The van der Waals surface area contributed by atoms with E-state index in [2.05, 4.69) is 17.4 Å². The van der Waals surface area contributed by atoms with Crippen molar-refractivity contribution in [1.29, 1.82) is 0 Å². The van der Waals surface area contributed by atoms with Crippen LogP contribution in [0.5, 0.6) is 5.75 Å². The van der Waals surface area contributed by atoms with Gasteiger partial charge in [0, 0.05) is 25.9 Å². The van der Waals surface area contributed by atoms with E-state index in [1.54, 1.807) is 0 Å². The van der Waals surface area contributed by atoms with E-state index in [0.29, 0.717) is 0 Å². The van der Waals surface area contributed by atoms with Crippen molar-refractivity contribution < 1.29 is 14.2 Å². The third kappa shape index (κ3) is 3.47. The molecule has 2 aliphatic rings. The van der Waals surface area contributed by atoms with E-state index in [1.807, 2.05) is 12.1 Å². The summed E-state index contributed by atoms with van der Waals surface area (Å²) in [4.78, 5) is 0. The molecule has 0 spiro atoms. The van der Waals surface area contributed by atoms with Crippen molar-refractivity contribution in [1.82, 2.24) is 5.32 Å². The molecule has 0 bridgehead atoms. The highest BCUT2D eigenvalue weighted by molar-refractivity contribution is 5.30. The molecule has 3 rings (SSSR count). The Hall–Kier alpha value is -1.10. The molecule has 2 aliphatic heterocycles. The highest BCUT2D eigenvalue weighted by Crippen LogP contribution is 2.25. The van der Waals surface area contributed by atoms with Crippen LogP contribution >= 0.6 is 0 Å². The largest absolute Gasteiger partial charge is 0.490 e. The topological polar surface area (TPSA) is 39.7 Å². The number of ether oxygens (including phenoxy) is 3. The van der Waals surface area contributed by atoms with Gasteiger partial charge in [-0.25, -0.2) is 0 Å². The molecular formula is C15H21NO3. The first kappa shape index (κ1) is 12.9. The molecule has 1 N–H and O–H groups in total. The standard InChI is InChI=1S/C15H21NO3/c1-2-12(15-11-16-6-9-18-15)10-14(3-1)19-13-4-7-17-8-5-13/h1-3,10,13,15-16H,4-9,11H2. The van der Waals surface area contributed by atoms with Crippen LogP contribution in [0, 0.1) is 0 Å². The monoisotopic (exact) mass is 263 g/mol. The summed E-state index contributed by atoms with van der Waals surface area (Å²) in [5.41, 5.74) is 1.19. The Morgan fingerprint density at radius 3 is 2.84 bits per heavy atom. The van der Waals surface area contributed by atoms with Crippen molar-refractivity contribution >= 4 is 0 Å². The Balaban J connectivity index is 1.64. The fraction of sp³-hybridized carbons (Fsp3) is 0.600. The van der Waals surface area contributed by atoms with Gasteiger partial charge in [-0.3, -0.25) is 0 Å². The van der Waals surface area contributed by atoms with Crippen molar-refractivity contribution in [2.45, 2.75) is 25.0 Å². The molecule has 104 valence electrons. The van der Waals surface area contributed by atoms with Gasteiger partial charge in [0.05, 0.1) is 25.9 Å². The van der Waals surface area contributed by atoms with E-state index >= 15 is 0 Å². The summed E-state index contributed by atoms with van der Waals surface area (Å²) in [6, 6.07) is 8.28. The Bertz CT molecular complexity index is 398. The molecule has 19 heavy (non-hydrogen) atoms. The Morgan fingerprint density at radius 2 is 2.05 bits per heavy atom. The summed E-state index contributed by atoms with van der Waals surface area (Å²) in [7, 11) is 0. The molecule has 0 aromatic heterocycles. The summed E-state index contributed by atoms with van der Waals surface area (Å²) < 4.78 is 17.1. The van der Waals surface area contributed by atoms with Gasteiger partial charge in [0.2, 0.25) is 0 Å². The van der Waals surface area contributed by atoms with Crippen molar-refractivity contribution in [2.24, 2.45) is 0 Å². The third-order valence-corrected chi connectivity index (χ3v) is 3.63. The highest BCUT2D eigenvalue weighted by Gasteiger charge is 2.18. The van der Waals surface area contributed by atoms with Gasteiger partial charge in [0.25, 0.3) is 0 Å². The molecule has 4 nitrogen and oxygen atoms in total. The quantitative estimate of drug-likeness (QED) is 0.904. The van der Waals surface area contributed by atoms with Gasteiger partial charge in [0.15, 0.2) is 0 Å². The van der Waals surface area contributed by atoms with Crippen molar-refractivity contribution in [2.75, 3.05) is 32.9 Å². The predicted octanol–water partition coefficient (Wildman–Crippen LogP) is 1.91. The first-order chi connectivity index (χ1) is 9.42. The fourth-order valence-electron chi connectivity index (χ4n) is 2.55. The minimum Gasteiger partial charge on any atom is -0.490 e. The number of hydrogen-bond donors (Lipinski definition) is 1. The zero-order valence-electron chi connectivity index (χ0n) is 11.1. The average Bonchev–Trinajstić information content (AvgIpc) is 2.49. The molecule has 2 saturated heterocycles. The number of rotatable bonds is 3. The zero-order chi connectivity index (χ0) is 12.9. The highest BCUT2D eigenvalue weighted by atomic mass is 16.5. The van der Waals surface area contributed by atoms with Crippen LogP contribution in [0.25, 0.3) is 0 Å². The molecule has 1 unspecified atom stereocenters. The van der Waals surface area contributed by atoms with Crippen molar-refractivity contribution in [3.63, 3.8) is 0 Å². The summed E-state index contributed by atoms with van der Waals surface area (Å²) in [5.74, 6) is 0.943. The minimum atomic E-state index is 0.145. The molecule has 1 atom stereocenters. The molecule has 1 aromatic rings. The van der Waals surface area contributed by atoms with Crippen LogP contribution in [0.4, 0.5) is 0 Å². The summed E-state index contributed by atoms with van der Waals surface area (Å²) >= 11 is 0. The van der Waals surface area contributed by atoms with E-state index in [-0.39, 0.29) is 12.2 Å². The number of benzene rings is 1. The molecule has 1 aromatic carbocycles. The van der Waals surface area contributed by atoms with Crippen LogP contribution in [-0.2, 0) is 9.47 Å². The van der Waals surface area contributed by atoms with Gasteiger partial charge in [0.1, 0.15) is 11.9 Å². The van der Waals surface area contributed by atoms with Crippen LogP contribution in [0.2, 0.25) is 0 Å². The molecular weight excluding hydrogens is 242 g/mol. The summed E-state index contributed by atoms with van der Waals surface area (Å²) in [6.45, 7) is 4.20. The lowest BCUT2D eigenvalue weighted by Crippen LogP contribution is -2.33. The van der Waals surface area contributed by atoms with Crippen LogP contribution in [0.1, 0.15) is 24.5 Å². The van der Waals surface area contributed by atoms with E-state index in [1.165, 1.54) is 5.56 Å². The predicted molar refractivity (Wildman–Crippen MR) is 72.5 cm³/mol. The number of morpholine rings is 1. The molecule has 2 fully saturated rings. The molecule has 0 aliphatic carbocycles. The molecule has 2 heterocycles. The van der Waals surface area contributed by atoms with Crippen LogP contribution in [0.15, 0.2) is 24.3 Å². The van der Waals surface area contributed by atoms with Gasteiger partial charge < -0.3 is 19.5 Å². The van der Waals surface area contributed by atoms with E-state index in [0.717, 1.165) is 51.5 Å². The lowest BCUT2D eigenvalue weighted by atomic mass is 10.1. The summed E-state index contributed by atoms with van der Waals surface area (Å²) in [5, 5.41) is 3.35. The average molecular weight is 263 g/mol. The van der Waals surface area contributed by atoms with Crippen LogP contribution < -0.4 is 10.1 Å². The van der Waals surface area contributed by atoms with Crippen LogP contribution in [-0.4, -0.2) is 39.0 Å². The molecule has 4 heteroatoms. The lowest BCUT2D eigenvalue weighted by molar-refractivity contribution is 0.0228. The van der Waals surface area contributed by atoms with Crippen molar-refractivity contribution in [3.05, 3.63) is 29.8 Å². The molecule has 0 saturated carbocycles. The second-order valence-electron chi connectivity index (χ2n) is 5.07. The van der Waals surface area contributed by atoms with E-state index < -0.39 is 0 Å². The number of hydrogen-bond acceptors (Lipinski definition) is 4. The SMILES string of the molecule is c1cc(OC2CCOCC2)cc(C2CNCCO2)c1. The maximum Gasteiger partial charge on any atom is 0.120 e. The van der Waals surface area contributed by atoms with E-state index in [9.17, 15) is 0 Å². The third-order valence-electron chi connectivity index (χ3n) is 3.63. The maximum atomic E-state index is 6.03. The lowest BCUT2D eigenvalue weighted by Gasteiger charge is -2.26. The van der Waals surface area contributed by atoms with Crippen LogP contribution in [0.3, 0.4) is 0 Å². The summed E-state index contributed by atoms with van der Waals surface area (Å²) in [6.07, 6.45) is 2.39. The zero-order valence-corrected chi connectivity index (χ0v) is 11.1. The minimum absolute atomic E-state index is 0.145. The number of nitrogens with one attached hydrogen (secondary N) is 1. The molecule has 0 amide bonds. The second-order valence-corrected chi connectivity index (χ2v) is 5.07. The maximum absolute atomic E-state index is 6.03. The van der Waals surface area contributed by atoms with Gasteiger partial charge in [-0.15, -0.1) is 0 Å². The van der Waals surface area contributed by atoms with Gasteiger partial charge >= 0.3 is 0 Å². The Morgan fingerprint density at radius 1 is 1.16 bits per heavy atom. The fourth-order valence-corrected chi connectivity index (χ4v) is 2.55. The molecule has 0 radical (unpaired) electrons. The Kier molecular flexibility index (Phi) is 4.33. The smallest absolute Gasteiger partial charge is 0.120 e. The first-order valence-corrected chi connectivity index (χ1v) is 7.08. The van der Waals surface area contributed by atoms with E-state index in [4.69, 9.17) is 14.2 Å². The Labute approximate surface area is 114 Å². The van der Waals surface area contributed by atoms with Crippen molar-refractivity contribution in [3.8, 4) is 5.75 Å². The normalized spacial score (nSPS) is 25.2. The van der Waals surface area contributed by atoms with Gasteiger partial charge in [-0.2, -0.15) is 0 Å².